The number of fused-ring (bicyclic) bond motifs is 1. The molecular formula is C23H30FN3O4. The maximum absolute atomic E-state index is 14.8. The van der Waals surface area contributed by atoms with Gasteiger partial charge in [-0.15, -0.1) is 0 Å². The van der Waals surface area contributed by atoms with E-state index in [0.29, 0.717) is 36.5 Å². The van der Waals surface area contributed by atoms with Gasteiger partial charge in [-0.2, -0.15) is 0 Å². The third-order valence-corrected chi connectivity index (χ3v) is 5.67. The van der Waals surface area contributed by atoms with Crippen molar-refractivity contribution >= 4 is 22.6 Å². The van der Waals surface area contributed by atoms with Crippen LogP contribution in [-0.2, 0) is 16.1 Å². The van der Waals surface area contributed by atoms with E-state index in [0.717, 1.165) is 17.4 Å². The lowest BCUT2D eigenvalue weighted by molar-refractivity contribution is -0.137. The summed E-state index contributed by atoms with van der Waals surface area (Å²) < 4.78 is 22.2. The fourth-order valence-corrected chi connectivity index (χ4v) is 3.72. The maximum Gasteiger partial charge on any atom is 0.332 e. The van der Waals surface area contributed by atoms with Gasteiger partial charge in [0, 0.05) is 25.2 Å². The summed E-state index contributed by atoms with van der Waals surface area (Å²) in [5.74, 6) is -0.516. The Morgan fingerprint density at radius 3 is 2.58 bits per heavy atom. The van der Waals surface area contributed by atoms with E-state index in [9.17, 15) is 18.8 Å². The molecule has 0 spiro atoms. The lowest BCUT2D eigenvalue weighted by atomic mass is 10.1. The predicted octanol–water partition coefficient (Wildman–Crippen LogP) is 3.60. The molecule has 31 heavy (non-hydrogen) atoms. The Bertz CT molecular complexity index is 1090. The van der Waals surface area contributed by atoms with Crippen LogP contribution >= 0.6 is 0 Å². The van der Waals surface area contributed by atoms with Crippen LogP contribution in [0, 0.1) is 11.7 Å². The van der Waals surface area contributed by atoms with Gasteiger partial charge in [0.1, 0.15) is 5.82 Å². The SMILES string of the molecule is CCOC(=O)/C=C/Cn1c(=O)c2cc(F)c(NCC3CC3)cc2n(C(CC)CC)c1=O. The van der Waals surface area contributed by atoms with E-state index >= 15 is 0 Å². The average Bonchev–Trinajstić information content (AvgIpc) is 3.57. The van der Waals surface area contributed by atoms with E-state index in [1.54, 1.807) is 17.6 Å². The van der Waals surface area contributed by atoms with Crippen molar-refractivity contribution in [3.63, 3.8) is 0 Å². The molecule has 1 saturated carbocycles. The first-order valence-corrected chi connectivity index (χ1v) is 11.0. The van der Waals surface area contributed by atoms with Gasteiger partial charge in [-0.1, -0.05) is 19.9 Å². The van der Waals surface area contributed by atoms with Crippen LogP contribution in [0.5, 0.6) is 0 Å². The van der Waals surface area contributed by atoms with Crippen molar-refractivity contribution in [2.24, 2.45) is 5.92 Å². The van der Waals surface area contributed by atoms with Gasteiger partial charge in [0.2, 0.25) is 0 Å². The Hall–Kier alpha value is -2.90. The van der Waals surface area contributed by atoms with Crippen LogP contribution < -0.4 is 16.6 Å². The molecule has 1 aliphatic carbocycles. The number of benzene rings is 1. The van der Waals surface area contributed by atoms with Crippen LogP contribution in [-0.4, -0.2) is 28.3 Å². The van der Waals surface area contributed by atoms with Crippen LogP contribution in [0.15, 0.2) is 33.9 Å². The molecule has 1 aromatic carbocycles. The normalized spacial score (nSPS) is 14.0. The summed E-state index contributed by atoms with van der Waals surface area (Å²) in [4.78, 5) is 37.9. The molecule has 0 aliphatic heterocycles. The Balaban J connectivity index is 2.12. The first-order valence-electron chi connectivity index (χ1n) is 11.0. The highest BCUT2D eigenvalue weighted by Crippen LogP contribution is 2.30. The molecule has 7 nitrogen and oxygen atoms in total. The van der Waals surface area contributed by atoms with Crippen molar-refractivity contribution in [2.45, 2.75) is 59.0 Å². The summed E-state index contributed by atoms with van der Waals surface area (Å²) in [6, 6.07) is 2.64. The molecule has 2 aromatic rings. The smallest absolute Gasteiger partial charge is 0.332 e. The van der Waals surface area contributed by atoms with Crippen LogP contribution in [0.3, 0.4) is 0 Å². The van der Waals surface area contributed by atoms with E-state index in [1.165, 1.54) is 18.2 Å². The molecule has 1 N–H and O–H groups in total. The second-order valence-corrected chi connectivity index (χ2v) is 7.87. The van der Waals surface area contributed by atoms with Gasteiger partial charge in [-0.05, 0) is 50.7 Å². The fourth-order valence-electron chi connectivity index (χ4n) is 3.72. The minimum Gasteiger partial charge on any atom is -0.463 e. The molecule has 1 heterocycles. The zero-order valence-electron chi connectivity index (χ0n) is 18.3. The first kappa shape index (κ1) is 22.8. The molecule has 0 amide bonds. The highest BCUT2D eigenvalue weighted by Gasteiger charge is 2.23. The number of carbonyl (C=O) groups excluding carboxylic acids is 1. The standard InChI is InChI=1S/C23H30FN3O4/c1-4-16(5-2)27-20-13-19(25-14-15-9-10-15)18(24)12-17(20)22(29)26(23(27)30)11-7-8-21(28)31-6-3/h7-8,12-13,15-16,25H,4-6,9-11,14H2,1-3H3/b8-7+. The van der Waals surface area contributed by atoms with E-state index in [2.05, 4.69) is 5.32 Å². The number of rotatable bonds is 10. The van der Waals surface area contributed by atoms with Gasteiger partial charge in [0.25, 0.3) is 5.56 Å². The van der Waals surface area contributed by atoms with Gasteiger partial charge in [-0.3, -0.25) is 13.9 Å². The predicted molar refractivity (Wildman–Crippen MR) is 119 cm³/mol. The number of aromatic nitrogens is 2. The van der Waals surface area contributed by atoms with Gasteiger partial charge >= 0.3 is 11.7 Å². The monoisotopic (exact) mass is 431 g/mol. The summed E-state index contributed by atoms with van der Waals surface area (Å²) >= 11 is 0. The van der Waals surface area contributed by atoms with Gasteiger partial charge in [0.05, 0.1) is 23.2 Å². The van der Waals surface area contributed by atoms with E-state index in [4.69, 9.17) is 4.74 Å². The van der Waals surface area contributed by atoms with Crippen molar-refractivity contribution in [1.82, 2.24) is 9.13 Å². The van der Waals surface area contributed by atoms with Crippen LogP contribution in [0.1, 0.15) is 52.5 Å². The molecule has 1 aliphatic rings. The van der Waals surface area contributed by atoms with Crippen molar-refractivity contribution in [3.05, 3.63) is 50.9 Å². The third-order valence-electron chi connectivity index (χ3n) is 5.67. The number of esters is 1. The molecule has 0 unspecified atom stereocenters. The van der Waals surface area contributed by atoms with Crippen molar-refractivity contribution in [2.75, 3.05) is 18.5 Å². The molecule has 0 atom stereocenters. The average molecular weight is 432 g/mol. The van der Waals surface area contributed by atoms with Crippen LogP contribution in [0.2, 0.25) is 0 Å². The Morgan fingerprint density at radius 1 is 1.26 bits per heavy atom. The number of ether oxygens (including phenoxy) is 1. The minimum absolute atomic E-state index is 0.101. The summed E-state index contributed by atoms with van der Waals surface area (Å²) in [5.41, 5.74) is -0.324. The summed E-state index contributed by atoms with van der Waals surface area (Å²) in [6.07, 6.45) is 6.23. The highest BCUT2D eigenvalue weighted by molar-refractivity contribution is 5.83. The summed E-state index contributed by atoms with van der Waals surface area (Å²) in [6.45, 7) is 6.44. The maximum atomic E-state index is 14.8. The molecule has 0 bridgehead atoms. The van der Waals surface area contributed by atoms with E-state index < -0.39 is 23.0 Å². The molecule has 168 valence electrons. The second-order valence-electron chi connectivity index (χ2n) is 7.87. The Kier molecular flexibility index (Phi) is 7.30. The number of hydrogen-bond donors (Lipinski definition) is 1. The number of nitrogens with zero attached hydrogens (tertiary/aromatic N) is 2. The minimum atomic E-state index is -0.580. The Labute approximate surface area is 180 Å². The molecule has 1 fully saturated rings. The highest BCUT2D eigenvalue weighted by atomic mass is 19.1. The summed E-state index contributed by atoms with van der Waals surface area (Å²) in [5, 5.41) is 3.26. The van der Waals surface area contributed by atoms with Crippen LogP contribution in [0.4, 0.5) is 10.1 Å². The number of hydrogen-bond acceptors (Lipinski definition) is 5. The topological polar surface area (TPSA) is 82.3 Å². The summed E-state index contributed by atoms with van der Waals surface area (Å²) in [7, 11) is 0. The van der Waals surface area contributed by atoms with Crippen molar-refractivity contribution in [1.29, 1.82) is 0 Å². The Morgan fingerprint density at radius 2 is 1.97 bits per heavy atom. The second kappa shape index (κ2) is 9.94. The van der Waals surface area contributed by atoms with Gasteiger partial charge in [0.15, 0.2) is 0 Å². The van der Waals surface area contributed by atoms with Crippen molar-refractivity contribution < 1.29 is 13.9 Å². The number of allylic oxidation sites excluding steroid dienone is 1. The lowest BCUT2D eigenvalue weighted by Gasteiger charge is -2.21. The lowest BCUT2D eigenvalue weighted by Crippen LogP contribution is -2.41. The molecule has 8 heteroatoms. The quantitative estimate of drug-likeness (QED) is 0.459. The zero-order chi connectivity index (χ0) is 22.5. The van der Waals surface area contributed by atoms with E-state index in [-0.39, 0.29) is 24.6 Å². The molecule has 0 radical (unpaired) electrons. The molecule has 0 saturated heterocycles. The molecule has 1 aromatic heterocycles. The number of carbonyl (C=O) groups is 1. The largest absolute Gasteiger partial charge is 0.463 e. The third kappa shape index (κ3) is 5.06. The van der Waals surface area contributed by atoms with Crippen molar-refractivity contribution in [3.8, 4) is 0 Å². The molecular weight excluding hydrogens is 401 g/mol. The zero-order valence-corrected chi connectivity index (χ0v) is 18.3. The van der Waals surface area contributed by atoms with E-state index in [1.807, 2.05) is 13.8 Å². The fraction of sp³-hybridized carbons (Fsp3) is 0.522. The van der Waals surface area contributed by atoms with Gasteiger partial charge in [-0.25, -0.2) is 14.0 Å². The number of halogens is 1. The van der Waals surface area contributed by atoms with Crippen LogP contribution in [0.25, 0.3) is 10.9 Å². The van der Waals surface area contributed by atoms with Gasteiger partial charge < -0.3 is 10.1 Å². The molecule has 3 rings (SSSR count). The number of anilines is 1. The number of nitrogens with one attached hydrogen (secondary N) is 1. The first-order chi connectivity index (χ1) is 14.9.